The van der Waals surface area contributed by atoms with Crippen LogP contribution in [0, 0.1) is 25.2 Å². The van der Waals surface area contributed by atoms with Gasteiger partial charge in [0.05, 0.1) is 22.1 Å². The molecule has 6 nitrogen and oxygen atoms in total. The molecule has 26 heavy (non-hydrogen) atoms. The van der Waals surface area contributed by atoms with Crippen LogP contribution in [0.4, 0.5) is 0 Å². The van der Waals surface area contributed by atoms with E-state index in [0.717, 1.165) is 5.56 Å². The predicted octanol–water partition coefficient (Wildman–Crippen LogP) is 2.78. The van der Waals surface area contributed by atoms with E-state index in [4.69, 9.17) is 5.26 Å². The zero-order valence-corrected chi connectivity index (χ0v) is 15.6. The van der Waals surface area contributed by atoms with Crippen molar-refractivity contribution in [3.05, 3.63) is 64.2 Å². The van der Waals surface area contributed by atoms with Crippen LogP contribution in [0.25, 0.3) is 0 Å². The van der Waals surface area contributed by atoms with Gasteiger partial charge in [0.25, 0.3) is 0 Å². The highest BCUT2D eigenvalue weighted by Crippen LogP contribution is 2.22. The van der Waals surface area contributed by atoms with Crippen molar-refractivity contribution in [1.29, 1.82) is 5.26 Å². The summed E-state index contributed by atoms with van der Waals surface area (Å²) in [5.41, 5.74) is 2.50. The number of sulfonamides is 1. The fraction of sp³-hybridized carbons (Fsp3) is 0.263. The van der Waals surface area contributed by atoms with Gasteiger partial charge in [-0.25, -0.2) is 17.9 Å². The number of carbonyl (C=O) groups is 1. The first-order valence-electron chi connectivity index (χ1n) is 8.00. The van der Waals surface area contributed by atoms with E-state index in [1.807, 2.05) is 6.07 Å². The maximum atomic E-state index is 12.7. The summed E-state index contributed by atoms with van der Waals surface area (Å²) in [5, 5.41) is 18.0. The summed E-state index contributed by atoms with van der Waals surface area (Å²) in [7, 11) is -3.87. The van der Waals surface area contributed by atoms with E-state index in [1.54, 1.807) is 45.0 Å². The second-order valence-electron chi connectivity index (χ2n) is 6.26. The number of aromatic carboxylic acids is 1. The number of nitrogens with one attached hydrogen (secondary N) is 1. The Morgan fingerprint density at radius 3 is 2.38 bits per heavy atom. The number of benzene rings is 2. The van der Waals surface area contributed by atoms with Crippen molar-refractivity contribution in [3.63, 3.8) is 0 Å². The van der Waals surface area contributed by atoms with Crippen LogP contribution in [0.15, 0.2) is 41.3 Å². The van der Waals surface area contributed by atoms with Crippen LogP contribution in [0.5, 0.6) is 0 Å². The molecule has 0 fully saturated rings. The first-order valence-corrected chi connectivity index (χ1v) is 9.48. The number of nitrogens with zero attached hydrogens (tertiary/aromatic N) is 1. The number of carboxylic acids is 1. The highest BCUT2D eigenvalue weighted by molar-refractivity contribution is 7.89. The van der Waals surface area contributed by atoms with Gasteiger partial charge in [0.1, 0.15) is 0 Å². The topological polar surface area (TPSA) is 107 Å². The maximum absolute atomic E-state index is 12.7. The molecule has 1 atom stereocenters. The number of hydrogen-bond acceptors (Lipinski definition) is 4. The molecule has 0 saturated carbocycles. The standard InChI is InChI=1S/C19H20N2O4S/c1-12-8-17(19(22)23)10-18(14(12)3)26(24,25)21-13(2)9-15-4-6-16(11-20)7-5-15/h4-8,10,13,21H,9H2,1-3H3,(H,22,23). The molecule has 136 valence electrons. The number of carboxylic acid groups (broad SMARTS) is 1. The van der Waals surface area contributed by atoms with E-state index in [0.29, 0.717) is 23.1 Å². The lowest BCUT2D eigenvalue weighted by molar-refractivity contribution is 0.0696. The third-order valence-electron chi connectivity index (χ3n) is 4.14. The zero-order chi connectivity index (χ0) is 19.5. The van der Waals surface area contributed by atoms with Crippen LogP contribution >= 0.6 is 0 Å². The second kappa shape index (κ2) is 7.68. The SMILES string of the molecule is Cc1cc(C(=O)O)cc(S(=O)(=O)NC(C)Cc2ccc(C#N)cc2)c1C. The van der Waals surface area contributed by atoms with Crippen molar-refractivity contribution in [1.82, 2.24) is 4.72 Å². The molecule has 2 aromatic carbocycles. The quantitative estimate of drug-likeness (QED) is 0.811. The van der Waals surface area contributed by atoms with Crippen molar-refractivity contribution >= 4 is 16.0 Å². The van der Waals surface area contributed by atoms with Crippen molar-refractivity contribution in [2.24, 2.45) is 0 Å². The number of aryl methyl sites for hydroxylation is 1. The minimum Gasteiger partial charge on any atom is -0.478 e. The summed E-state index contributed by atoms with van der Waals surface area (Å²) in [5.74, 6) is -1.17. The Hall–Kier alpha value is -2.69. The lowest BCUT2D eigenvalue weighted by Gasteiger charge is -2.17. The van der Waals surface area contributed by atoms with Gasteiger partial charge in [-0.1, -0.05) is 12.1 Å². The zero-order valence-electron chi connectivity index (χ0n) is 14.8. The molecule has 1 unspecified atom stereocenters. The average Bonchev–Trinajstić information content (AvgIpc) is 2.56. The first-order chi connectivity index (χ1) is 12.1. The molecule has 2 rings (SSSR count). The van der Waals surface area contributed by atoms with E-state index in [1.165, 1.54) is 12.1 Å². The van der Waals surface area contributed by atoms with E-state index in [2.05, 4.69) is 4.72 Å². The fourth-order valence-corrected chi connectivity index (χ4v) is 4.25. The molecule has 0 bridgehead atoms. The molecule has 0 saturated heterocycles. The molecule has 0 aliphatic heterocycles. The van der Waals surface area contributed by atoms with Gasteiger partial charge < -0.3 is 5.11 Å². The Morgan fingerprint density at radius 1 is 1.23 bits per heavy atom. The lowest BCUT2D eigenvalue weighted by atomic mass is 10.1. The number of hydrogen-bond donors (Lipinski definition) is 2. The smallest absolute Gasteiger partial charge is 0.335 e. The largest absolute Gasteiger partial charge is 0.478 e. The van der Waals surface area contributed by atoms with Crippen LogP contribution in [0.1, 0.15) is 39.5 Å². The summed E-state index contributed by atoms with van der Waals surface area (Å²) in [4.78, 5) is 11.2. The molecular formula is C19H20N2O4S. The van der Waals surface area contributed by atoms with Gasteiger partial charge in [-0.05, 0) is 68.1 Å². The van der Waals surface area contributed by atoms with Crippen molar-refractivity contribution in [3.8, 4) is 6.07 Å². The average molecular weight is 372 g/mol. The highest BCUT2D eigenvalue weighted by Gasteiger charge is 2.22. The first kappa shape index (κ1) is 19.6. The summed E-state index contributed by atoms with van der Waals surface area (Å²) >= 11 is 0. The number of nitriles is 1. The van der Waals surface area contributed by atoms with Gasteiger partial charge in [-0.2, -0.15) is 5.26 Å². The highest BCUT2D eigenvalue weighted by atomic mass is 32.2. The predicted molar refractivity (Wildman–Crippen MR) is 97.5 cm³/mol. The van der Waals surface area contributed by atoms with Crippen molar-refractivity contribution in [2.45, 2.75) is 38.1 Å². The Bertz CT molecular complexity index is 974. The molecule has 0 spiro atoms. The van der Waals surface area contributed by atoms with E-state index in [-0.39, 0.29) is 10.5 Å². The Balaban J connectivity index is 2.24. The Labute approximate surface area is 153 Å². The number of rotatable bonds is 6. The molecule has 0 aliphatic carbocycles. The normalized spacial score (nSPS) is 12.4. The monoisotopic (exact) mass is 372 g/mol. The van der Waals surface area contributed by atoms with Crippen molar-refractivity contribution in [2.75, 3.05) is 0 Å². The summed E-state index contributed by atoms with van der Waals surface area (Å²) in [6.45, 7) is 5.07. The van der Waals surface area contributed by atoms with E-state index < -0.39 is 22.0 Å². The molecule has 0 amide bonds. The molecule has 0 aliphatic rings. The van der Waals surface area contributed by atoms with Gasteiger partial charge in [0.15, 0.2) is 0 Å². The molecule has 2 aromatic rings. The molecular weight excluding hydrogens is 352 g/mol. The van der Waals surface area contributed by atoms with Crippen LogP contribution in [-0.4, -0.2) is 25.5 Å². The van der Waals surface area contributed by atoms with Crippen molar-refractivity contribution < 1.29 is 18.3 Å². The van der Waals surface area contributed by atoms with Crippen LogP contribution < -0.4 is 4.72 Å². The summed E-state index contributed by atoms with van der Waals surface area (Å²) < 4.78 is 28.1. The Kier molecular flexibility index (Phi) is 5.80. The van der Waals surface area contributed by atoms with E-state index >= 15 is 0 Å². The third kappa shape index (κ3) is 4.48. The van der Waals surface area contributed by atoms with Gasteiger partial charge in [0.2, 0.25) is 10.0 Å². The third-order valence-corrected chi connectivity index (χ3v) is 5.85. The second-order valence-corrected chi connectivity index (χ2v) is 7.94. The molecule has 2 N–H and O–H groups in total. The minimum atomic E-state index is -3.87. The Morgan fingerprint density at radius 2 is 1.85 bits per heavy atom. The van der Waals surface area contributed by atoms with Gasteiger partial charge in [-0.15, -0.1) is 0 Å². The van der Waals surface area contributed by atoms with E-state index in [9.17, 15) is 18.3 Å². The van der Waals surface area contributed by atoms with Gasteiger partial charge in [-0.3, -0.25) is 0 Å². The van der Waals surface area contributed by atoms with Crippen LogP contribution in [0.2, 0.25) is 0 Å². The molecule has 0 radical (unpaired) electrons. The molecule has 0 aromatic heterocycles. The lowest BCUT2D eigenvalue weighted by Crippen LogP contribution is -2.34. The van der Waals surface area contributed by atoms with Gasteiger partial charge in [0, 0.05) is 6.04 Å². The fourth-order valence-electron chi connectivity index (χ4n) is 2.67. The molecule has 7 heteroatoms. The summed E-state index contributed by atoms with van der Waals surface area (Å²) in [6, 6.07) is 11.2. The maximum Gasteiger partial charge on any atom is 0.335 e. The minimum absolute atomic E-state index is 0.0263. The van der Waals surface area contributed by atoms with Crippen LogP contribution in [-0.2, 0) is 16.4 Å². The molecule has 0 heterocycles. The summed E-state index contributed by atoms with van der Waals surface area (Å²) in [6.07, 6.45) is 0.446. The van der Waals surface area contributed by atoms with Crippen LogP contribution in [0.3, 0.4) is 0 Å². The van der Waals surface area contributed by atoms with Gasteiger partial charge >= 0.3 is 5.97 Å².